The van der Waals surface area contributed by atoms with Crippen molar-refractivity contribution in [2.24, 2.45) is 17.8 Å². The number of carboxylic acids is 1. The van der Waals surface area contributed by atoms with Gasteiger partial charge in [-0.3, -0.25) is 0 Å². The lowest BCUT2D eigenvalue weighted by Crippen LogP contribution is -2.57. The Morgan fingerprint density at radius 1 is 1.19 bits per heavy atom. The highest BCUT2D eigenvalue weighted by molar-refractivity contribution is 5.86. The van der Waals surface area contributed by atoms with E-state index in [2.05, 4.69) is 17.6 Å². The summed E-state index contributed by atoms with van der Waals surface area (Å²) in [6.07, 6.45) is 8.00. The molecule has 3 rings (SSSR count). The second-order valence-electron chi connectivity index (χ2n) is 7.32. The highest BCUT2D eigenvalue weighted by atomic mass is 16.4. The topological polar surface area (TPSA) is 78.4 Å². The van der Waals surface area contributed by atoms with Gasteiger partial charge in [-0.25, -0.2) is 9.59 Å². The van der Waals surface area contributed by atoms with Crippen LogP contribution in [0.25, 0.3) is 0 Å². The van der Waals surface area contributed by atoms with Crippen molar-refractivity contribution in [1.29, 1.82) is 0 Å². The molecule has 2 bridgehead atoms. The van der Waals surface area contributed by atoms with Crippen LogP contribution in [0.3, 0.4) is 0 Å². The Labute approximate surface area is 125 Å². The summed E-state index contributed by atoms with van der Waals surface area (Å²) in [7, 11) is 0. The molecule has 0 aromatic heterocycles. The zero-order valence-corrected chi connectivity index (χ0v) is 12.7. The fraction of sp³-hybridized carbons (Fsp3) is 0.875. The highest BCUT2D eigenvalue weighted by Gasteiger charge is 2.44. The zero-order valence-electron chi connectivity index (χ0n) is 12.7. The minimum Gasteiger partial charge on any atom is -0.480 e. The van der Waals surface area contributed by atoms with Gasteiger partial charge in [-0.15, -0.1) is 0 Å². The largest absolute Gasteiger partial charge is 0.480 e. The van der Waals surface area contributed by atoms with Gasteiger partial charge in [-0.05, 0) is 56.8 Å². The van der Waals surface area contributed by atoms with Crippen LogP contribution in [0.1, 0.15) is 58.3 Å². The number of carbonyl (C=O) groups is 2. The molecule has 0 aromatic carbocycles. The van der Waals surface area contributed by atoms with Crippen molar-refractivity contribution >= 4 is 12.0 Å². The number of rotatable bonds is 4. The smallest absolute Gasteiger partial charge is 0.329 e. The second-order valence-corrected chi connectivity index (χ2v) is 7.32. The summed E-state index contributed by atoms with van der Waals surface area (Å²) < 4.78 is 0. The van der Waals surface area contributed by atoms with Gasteiger partial charge in [0.1, 0.15) is 5.54 Å². The third-order valence-corrected chi connectivity index (χ3v) is 6.01. The number of hydrogen-bond donors (Lipinski definition) is 3. The first-order valence-electron chi connectivity index (χ1n) is 8.32. The normalized spacial score (nSPS) is 34.6. The fourth-order valence-electron chi connectivity index (χ4n) is 4.84. The molecule has 0 radical (unpaired) electrons. The Bertz CT molecular complexity index is 431. The number of carboxylic acid groups (broad SMARTS) is 1. The lowest BCUT2D eigenvalue weighted by Gasteiger charge is -2.31. The predicted molar refractivity (Wildman–Crippen MR) is 78.9 cm³/mol. The number of carbonyl (C=O) groups excluding carboxylic acids is 1. The summed E-state index contributed by atoms with van der Waals surface area (Å²) in [5.41, 5.74) is -1.04. The first kappa shape index (κ1) is 14.7. The van der Waals surface area contributed by atoms with E-state index in [9.17, 15) is 14.7 Å². The van der Waals surface area contributed by atoms with E-state index in [-0.39, 0.29) is 12.1 Å². The van der Waals surface area contributed by atoms with E-state index in [1.807, 2.05) is 0 Å². The van der Waals surface area contributed by atoms with Crippen LogP contribution in [0.2, 0.25) is 0 Å². The van der Waals surface area contributed by atoms with E-state index in [1.165, 1.54) is 25.7 Å². The van der Waals surface area contributed by atoms with Gasteiger partial charge >= 0.3 is 12.0 Å². The summed E-state index contributed by atoms with van der Waals surface area (Å²) >= 11 is 0. The van der Waals surface area contributed by atoms with Crippen molar-refractivity contribution < 1.29 is 14.7 Å². The molecule has 0 heterocycles. The van der Waals surface area contributed by atoms with Gasteiger partial charge in [-0.2, -0.15) is 0 Å². The molecule has 0 saturated heterocycles. The van der Waals surface area contributed by atoms with E-state index >= 15 is 0 Å². The van der Waals surface area contributed by atoms with E-state index in [1.54, 1.807) is 0 Å². The zero-order chi connectivity index (χ0) is 15.0. The lowest BCUT2D eigenvalue weighted by molar-refractivity contribution is -0.144. The van der Waals surface area contributed by atoms with Crippen LogP contribution in [-0.4, -0.2) is 28.7 Å². The van der Waals surface area contributed by atoms with Crippen LogP contribution in [0.4, 0.5) is 4.79 Å². The summed E-state index contributed by atoms with van der Waals surface area (Å²) in [6.45, 7) is 2.06. The van der Waals surface area contributed by atoms with Crippen molar-refractivity contribution in [2.75, 3.05) is 0 Å². The molecule has 5 nitrogen and oxygen atoms in total. The van der Waals surface area contributed by atoms with Gasteiger partial charge in [0.25, 0.3) is 0 Å². The van der Waals surface area contributed by atoms with Gasteiger partial charge in [0, 0.05) is 6.04 Å². The number of hydrogen-bond acceptors (Lipinski definition) is 2. The van der Waals surface area contributed by atoms with Gasteiger partial charge < -0.3 is 15.7 Å². The second kappa shape index (κ2) is 5.50. The molecule has 118 valence electrons. The molecule has 4 unspecified atom stereocenters. The average molecular weight is 294 g/mol. The summed E-state index contributed by atoms with van der Waals surface area (Å²) in [5.74, 6) is 1.28. The van der Waals surface area contributed by atoms with Gasteiger partial charge in [0.15, 0.2) is 0 Å². The Morgan fingerprint density at radius 3 is 2.43 bits per heavy atom. The standard InChI is InChI=1S/C16H26N2O3/c1-10(13-9-11-4-5-12(13)8-11)17-15(21)18-16(14(19)20)6-2-3-7-16/h10-13H,2-9H2,1H3,(H,19,20)(H2,17,18,21). The van der Waals surface area contributed by atoms with Crippen molar-refractivity contribution in [3.63, 3.8) is 0 Å². The predicted octanol–water partition coefficient (Wildman–Crippen LogP) is 2.51. The Balaban J connectivity index is 1.55. The fourth-order valence-corrected chi connectivity index (χ4v) is 4.84. The monoisotopic (exact) mass is 294 g/mol. The molecule has 0 spiro atoms. The van der Waals surface area contributed by atoms with Crippen molar-refractivity contribution in [3.05, 3.63) is 0 Å². The maximum Gasteiger partial charge on any atom is 0.329 e. The van der Waals surface area contributed by atoms with Crippen molar-refractivity contribution in [1.82, 2.24) is 10.6 Å². The maximum absolute atomic E-state index is 12.2. The molecule has 4 atom stereocenters. The molecule has 3 aliphatic rings. The molecule has 3 N–H and O–H groups in total. The first-order chi connectivity index (χ1) is 10.00. The van der Waals surface area contributed by atoms with Crippen LogP contribution in [0, 0.1) is 17.8 Å². The van der Waals surface area contributed by atoms with Crippen LogP contribution in [-0.2, 0) is 4.79 Å². The molecule has 3 fully saturated rings. The Morgan fingerprint density at radius 2 is 1.90 bits per heavy atom. The number of amides is 2. The summed E-state index contributed by atoms with van der Waals surface area (Å²) in [4.78, 5) is 23.7. The number of fused-ring (bicyclic) bond motifs is 2. The molecular weight excluding hydrogens is 268 g/mol. The molecule has 3 saturated carbocycles. The first-order valence-corrected chi connectivity index (χ1v) is 8.32. The molecule has 3 aliphatic carbocycles. The van der Waals surface area contributed by atoms with E-state index in [0.717, 1.165) is 24.7 Å². The SMILES string of the molecule is CC(NC(=O)NC1(C(=O)O)CCCC1)C1CC2CCC1C2. The summed E-state index contributed by atoms with van der Waals surface area (Å²) in [5, 5.41) is 15.1. The molecule has 0 aliphatic heterocycles. The number of urea groups is 1. The van der Waals surface area contributed by atoms with Crippen LogP contribution < -0.4 is 10.6 Å². The van der Waals surface area contributed by atoms with Crippen molar-refractivity contribution in [2.45, 2.75) is 69.9 Å². The molecular formula is C16H26N2O3. The summed E-state index contributed by atoms with van der Waals surface area (Å²) in [6, 6.07) is -0.179. The molecule has 5 heteroatoms. The molecule has 2 amide bonds. The van der Waals surface area contributed by atoms with Gasteiger partial charge in [0.05, 0.1) is 0 Å². The van der Waals surface area contributed by atoms with Gasteiger partial charge in [0.2, 0.25) is 0 Å². The Hall–Kier alpha value is -1.26. The van der Waals surface area contributed by atoms with Gasteiger partial charge in [-0.1, -0.05) is 19.3 Å². The quantitative estimate of drug-likeness (QED) is 0.745. The maximum atomic E-state index is 12.2. The van der Waals surface area contributed by atoms with E-state index < -0.39 is 11.5 Å². The number of aliphatic carboxylic acids is 1. The highest BCUT2D eigenvalue weighted by Crippen LogP contribution is 2.49. The van der Waals surface area contributed by atoms with Crippen LogP contribution in [0.5, 0.6) is 0 Å². The molecule has 21 heavy (non-hydrogen) atoms. The van der Waals surface area contributed by atoms with E-state index in [4.69, 9.17) is 0 Å². The number of nitrogens with one attached hydrogen (secondary N) is 2. The lowest BCUT2D eigenvalue weighted by atomic mass is 9.84. The van der Waals surface area contributed by atoms with Crippen LogP contribution >= 0.6 is 0 Å². The molecule has 0 aromatic rings. The van der Waals surface area contributed by atoms with Crippen molar-refractivity contribution in [3.8, 4) is 0 Å². The average Bonchev–Trinajstić information content (AvgIpc) is 3.14. The Kier molecular flexibility index (Phi) is 3.84. The van der Waals surface area contributed by atoms with Crippen LogP contribution in [0.15, 0.2) is 0 Å². The third-order valence-electron chi connectivity index (χ3n) is 6.01. The minimum absolute atomic E-state index is 0.132. The van der Waals surface area contributed by atoms with E-state index in [0.29, 0.717) is 18.8 Å². The third kappa shape index (κ3) is 2.74. The minimum atomic E-state index is -1.04.